The molecule has 0 spiro atoms. The van der Waals surface area contributed by atoms with Crippen LogP contribution in [0, 0.1) is 11.3 Å². The van der Waals surface area contributed by atoms with Gasteiger partial charge in [0.25, 0.3) is 0 Å². The number of rotatable bonds is 3. The number of imidazole rings is 1. The van der Waals surface area contributed by atoms with Crippen LogP contribution in [0.25, 0.3) is 11.2 Å². The minimum Gasteiger partial charge on any atom is -0.382 e. The van der Waals surface area contributed by atoms with Gasteiger partial charge in [0.05, 0.1) is 16.5 Å². The molecular formula is C17H18N8O2S. The topological polar surface area (TPSA) is 168 Å². The fraction of sp³-hybridized carbons (Fsp3) is 0.294. The van der Waals surface area contributed by atoms with Gasteiger partial charge in [0.1, 0.15) is 11.3 Å². The molecule has 0 bridgehead atoms. The van der Waals surface area contributed by atoms with Crippen LogP contribution in [0.1, 0.15) is 30.1 Å². The Morgan fingerprint density at radius 1 is 1.11 bits per heavy atom. The van der Waals surface area contributed by atoms with E-state index in [1.54, 1.807) is 0 Å². The van der Waals surface area contributed by atoms with Crippen LogP contribution in [0.3, 0.4) is 0 Å². The third-order valence-electron chi connectivity index (χ3n) is 4.88. The molecule has 5 N–H and O–H groups in total. The van der Waals surface area contributed by atoms with Gasteiger partial charge in [-0.3, -0.25) is 0 Å². The predicted molar refractivity (Wildman–Crippen MR) is 102 cm³/mol. The molecule has 3 aromatic rings. The highest BCUT2D eigenvalue weighted by molar-refractivity contribution is 7.89. The number of hydrogen-bond donors (Lipinski definition) is 3. The lowest BCUT2D eigenvalue weighted by Crippen LogP contribution is -2.38. The number of hydrogen-bond acceptors (Lipinski definition) is 8. The molecule has 0 atom stereocenters. The number of piperidine rings is 1. The van der Waals surface area contributed by atoms with E-state index in [0.717, 1.165) is 0 Å². The van der Waals surface area contributed by atoms with Crippen molar-refractivity contribution in [2.75, 3.05) is 24.6 Å². The van der Waals surface area contributed by atoms with E-state index in [1.807, 2.05) is 6.07 Å². The molecule has 11 heteroatoms. The zero-order chi connectivity index (χ0) is 19.9. The summed E-state index contributed by atoms with van der Waals surface area (Å²) in [6.45, 7) is 0.737. The SMILES string of the molecule is N#Cc1ccc(S(=O)(=O)N2CCC(c3nc4nc(N)nc(N)c4[nH]3)CC2)cc1. The summed E-state index contributed by atoms with van der Waals surface area (Å²) in [6.07, 6.45) is 1.22. The maximum Gasteiger partial charge on any atom is 0.243 e. The Bertz CT molecular complexity index is 1170. The van der Waals surface area contributed by atoms with Crippen molar-refractivity contribution in [3.8, 4) is 6.07 Å². The Balaban J connectivity index is 1.51. The van der Waals surface area contributed by atoms with Gasteiger partial charge in [0.15, 0.2) is 11.5 Å². The van der Waals surface area contributed by atoms with Gasteiger partial charge in [0.2, 0.25) is 16.0 Å². The van der Waals surface area contributed by atoms with Crippen LogP contribution in [-0.2, 0) is 10.0 Å². The number of H-pyrrole nitrogens is 1. The van der Waals surface area contributed by atoms with Gasteiger partial charge in [-0.15, -0.1) is 0 Å². The van der Waals surface area contributed by atoms with E-state index in [0.29, 0.717) is 48.5 Å². The smallest absolute Gasteiger partial charge is 0.243 e. The largest absolute Gasteiger partial charge is 0.382 e. The van der Waals surface area contributed by atoms with E-state index in [4.69, 9.17) is 16.7 Å². The summed E-state index contributed by atoms with van der Waals surface area (Å²) >= 11 is 0. The molecule has 1 fully saturated rings. The molecule has 144 valence electrons. The van der Waals surface area contributed by atoms with Crippen LogP contribution in [0.5, 0.6) is 0 Å². The van der Waals surface area contributed by atoms with Gasteiger partial charge in [0, 0.05) is 19.0 Å². The second kappa shape index (κ2) is 6.74. The number of nitrogens with two attached hydrogens (primary N) is 2. The quantitative estimate of drug-likeness (QED) is 0.586. The standard InChI is InChI=1S/C17H18N8O2S/c18-9-10-1-3-12(4-2-10)28(26,27)25-7-5-11(6-8-25)15-21-13-14(19)22-17(20)24-16(13)23-15/h1-4,11H,5-8H2,(H5,19,20,21,22,23,24). The number of aromatic nitrogens is 4. The third kappa shape index (κ3) is 3.12. The van der Waals surface area contributed by atoms with Crippen LogP contribution in [-0.4, -0.2) is 45.7 Å². The van der Waals surface area contributed by atoms with Gasteiger partial charge in [-0.2, -0.15) is 19.5 Å². The number of anilines is 2. The van der Waals surface area contributed by atoms with E-state index in [2.05, 4.69) is 19.9 Å². The molecule has 0 aliphatic carbocycles. The van der Waals surface area contributed by atoms with Crippen molar-refractivity contribution in [3.63, 3.8) is 0 Å². The van der Waals surface area contributed by atoms with Crippen LogP contribution < -0.4 is 11.5 Å². The summed E-state index contributed by atoms with van der Waals surface area (Å²) in [5, 5.41) is 8.86. The first-order chi connectivity index (χ1) is 13.4. The van der Waals surface area contributed by atoms with Gasteiger partial charge in [-0.25, -0.2) is 13.4 Å². The zero-order valence-electron chi connectivity index (χ0n) is 14.8. The highest BCUT2D eigenvalue weighted by atomic mass is 32.2. The molecule has 1 aliphatic rings. The van der Waals surface area contributed by atoms with Gasteiger partial charge in [-0.05, 0) is 37.1 Å². The molecular weight excluding hydrogens is 380 g/mol. The average molecular weight is 398 g/mol. The van der Waals surface area contributed by atoms with Crippen LogP contribution >= 0.6 is 0 Å². The minimum atomic E-state index is -3.60. The molecule has 1 aromatic carbocycles. The maximum atomic E-state index is 12.8. The number of fused-ring (bicyclic) bond motifs is 1. The molecule has 3 heterocycles. The van der Waals surface area contributed by atoms with Crippen molar-refractivity contribution in [3.05, 3.63) is 35.7 Å². The number of benzene rings is 1. The van der Waals surface area contributed by atoms with Crippen molar-refractivity contribution >= 4 is 33.0 Å². The summed E-state index contributed by atoms with van der Waals surface area (Å²) in [5.41, 5.74) is 12.8. The van der Waals surface area contributed by atoms with Gasteiger partial charge < -0.3 is 16.5 Å². The summed E-state index contributed by atoms with van der Waals surface area (Å²) in [4.78, 5) is 15.8. The molecule has 2 aromatic heterocycles. The monoisotopic (exact) mass is 398 g/mol. The first-order valence-corrected chi connectivity index (χ1v) is 10.1. The molecule has 28 heavy (non-hydrogen) atoms. The summed E-state index contributed by atoms with van der Waals surface area (Å²) in [7, 11) is -3.60. The van der Waals surface area contributed by atoms with Gasteiger partial charge in [-0.1, -0.05) is 0 Å². The number of nitriles is 1. The Labute approximate surface area is 161 Å². The average Bonchev–Trinajstić information content (AvgIpc) is 3.12. The number of nitrogens with one attached hydrogen (secondary N) is 1. The van der Waals surface area contributed by atoms with Crippen molar-refractivity contribution in [1.82, 2.24) is 24.2 Å². The summed E-state index contributed by atoms with van der Waals surface area (Å²) in [6, 6.07) is 7.92. The molecule has 1 saturated heterocycles. The first kappa shape index (κ1) is 18.1. The Morgan fingerprint density at radius 2 is 1.79 bits per heavy atom. The van der Waals surface area contributed by atoms with E-state index >= 15 is 0 Å². The Morgan fingerprint density at radius 3 is 2.43 bits per heavy atom. The normalized spacial score (nSPS) is 16.2. The van der Waals surface area contributed by atoms with Gasteiger partial charge >= 0.3 is 0 Å². The van der Waals surface area contributed by atoms with E-state index in [1.165, 1.54) is 28.6 Å². The second-order valence-corrected chi connectivity index (χ2v) is 8.54. The van der Waals surface area contributed by atoms with E-state index in [-0.39, 0.29) is 22.6 Å². The number of nitrogens with zero attached hydrogens (tertiary/aromatic N) is 5. The minimum absolute atomic E-state index is 0.0576. The van der Waals surface area contributed by atoms with Crippen LogP contribution in [0.4, 0.5) is 11.8 Å². The fourth-order valence-corrected chi connectivity index (χ4v) is 4.84. The van der Waals surface area contributed by atoms with E-state index in [9.17, 15) is 8.42 Å². The number of nitrogen functional groups attached to an aromatic ring is 2. The van der Waals surface area contributed by atoms with Crippen molar-refractivity contribution in [1.29, 1.82) is 5.26 Å². The van der Waals surface area contributed by atoms with Crippen molar-refractivity contribution < 1.29 is 8.42 Å². The van der Waals surface area contributed by atoms with Crippen molar-refractivity contribution in [2.24, 2.45) is 0 Å². The molecule has 10 nitrogen and oxygen atoms in total. The van der Waals surface area contributed by atoms with Crippen LogP contribution in [0.2, 0.25) is 0 Å². The number of sulfonamides is 1. The molecule has 0 saturated carbocycles. The van der Waals surface area contributed by atoms with E-state index < -0.39 is 10.0 Å². The highest BCUT2D eigenvalue weighted by Gasteiger charge is 2.31. The lowest BCUT2D eigenvalue weighted by atomic mass is 9.97. The van der Waals surface area contributed by atoms with Crippen molar-refractivity contribution in [2.45, 2.75) is 23.7 Å². The fourth-order valence-electron chi connectivity index (χ4n) is 3.37. The predicted octanol–water partition coefficient (Wildman–Crippen LogP) is 0.957. The highest BCUT2D eigenvalue weighted by Crippen LogP contribution is 2.31. The number of aromatic amines is 1. The summed E-state index contributed by atoms with van der Waals surface area (Å²) < 4.78 is 27.1. The summed E-state index contributed by atoms with van der Waals surface area (Å²) in [5.74, 6) is 1.06. The molecule has 0 amide bonds. The maximum absolute atomic E-state index is 12.8. The molecule has 4 rings (SSSR count). The second-order valence-electron chi connectivity index (χ2n) is 6.60. The first-order valence-electron chi connectivity index (χ1n) is 8.67. The molecule has 0 radical (unpaired) electrons. The lowest BCUT2D eigenvalue weighted by molar-refractivity contribution is 0.314. The third-order valence-corrected chi connectivity index (χ3v) is 6.79. The molecule has 0 unspecified atom stereocenters. The zero-order valence-corrected chi connectivity index (χ0v) is 15.6. The Kier molecular flexibility index (Phi) is 4.37. The van der Waals surface area contributed by atoms with Crippen LogP contribution in [0.15, 0.2) is 29.2 Å². The Hall–Kier alpha value is -3.23. The molecule has 1 aliphatic heterocycles. The lowest BCUT2D eigenvalue weighted by Gasteiger charge is -2.30.